The van der Waals surface area contributed by atoms with Crippen LogP contribution >= 0.6 is 11.6 Å². The first-order valence-electron chi connectivity index (χ1n) is 12.5. The van der Waals surface area contributed by atoms with E-state index < -0.39 is 54.3 Å². The van der Waals surface area contributed by atoms with E-state index in [0.29, 0.717) is 12.8 Å². The summed E-state index contributed by atoms with van der Waals surface area (Å²) in [5, 5.41) is 42.2. The number of ether oxygens (including phenoxy) is 2. The predicted octanol–water partition coefficient (Wildman–Crippen LogP) is 3.17. The van der Waals surface area contributed by atoms with Crippen molar-refractivity contribution in [1.82, 2.24) is 15.0 Å². The summed E-state index contributed by atoms with van der Waals surface area (Å²) >= 11 is 5.66. The highest BCUT2D eigenvalue weighted by atomic mass is 35.5. The van der Waals surface area contributed by atoms with Gasteiger partial charge in [0, 0.05) is 31.4 Å². The largest absolute Gasteiger partial charge is 0.394 e. The molecule has 38 heavy (non-hydrogen) atoms. The van der Waals surface area contributed by atoms with Crippen molar-refractivity contribution < 1.29 is 33.3 Å². The van der Waals surface area contributed by atoms with Crippen LogP contribution < -0.4 is 0 Å². The minimum atomic E-state index is -1.24. The highest BCUT2D eigenvalue weighted by molar-refractivity contribution is 6.30. The van der Waals surface area contributed by atoms with Gasteiger partial charge in [-0.15, -0.1) is 5.10 Å². The first-order valence-corrected chi connectivity index (χ1v) is 12.8. The second kappa shape index (κ2) is 10.8. The lowest BCUT2D eigenvalue weighted by Gasteiger charge is -2.43. The summed E-state index contributed by atoms with van der Waals surface area (Å²) in [6.45, 7) is -0.467. The summed E-state index contributed by atoms with van der Waals surface area (Å²) in [4.78, 5) is 5.84. The van der Waals surface area contributed by atoms with Crippen molar-refractivity contribution in [1.29, 1.82) is 5.26 Å². The fourth-order valence-corrected chi connectivity index (χ4v) is 5.83. The first kappa shape index (κ1) is 26.9. The number of nitriles is 1. The van der Waals surface area contributed by atoms with Crippen molar-refractivity contribution in [3.8, 4) is 17.3 Å². The molecule has 5 rings (SSSR count). The summed E-state index contributed by atoms with van der Waals surface area (Å²) < 4.78 is 41.6. The van der Waals surface area contributed by atoms with Crippen LogP contribution in [0.15, 0.2) is 23.5 Å². The van der Waals surface area contributed by atoms with Crippen LogP contribution in [0, 0.1) is 28.9 Å². The number of methoxy groups -OCH3 is 1. The summed E-state index contributed by atoms with van der Waals surface area (Å²) in [6.07, 6.45) is 1.70. The van der Waals surface area contributed by atoms with Crippen LogP contribution in [0.1, 0.15) is 44.6 Å². The lowest BCUT2D eigenvalue weighted by atomic mass is 9.76. The summed E-state index contributed by atoms with van der Waals surface area (Å²) in [5.41, 5.74) is 0.232. The van der Waals surface area contributed by atoms with Gasteiger partial charge in [-0.3, -0.25) is 0 Å². The van der Waals surface area contributed by atoms with Crippen molar-refractivity contribution in [3.05, 3.63) is 35.0 Å². The molecule has 1 aromatic carbocycles. The van der Waals surface area contributed by atoms with E-state index in [1.807, 2.05) is 0 Å². The van der Waals surface area contributed by atoms with E-state index in [2.05, 4.69) is 21.5 Å². The van der Waals surface area contributed by atoms with Gasteiger partial charge in [-0.2, -0.15) is 5.26 Å². The third kappa shape index (κ3) is 4.89. The van der Waals surface area contributed by atoms with E-state index in [0.717, 1.165) is 31.4 Å². The maximum atomic E-state index is 14.5. The van der Waals surface area contributed by atoms with Crippen molar-refractivity contribution in [2.24, 2.45) is 11.1 Å². The molecule has 3 heterocycles. The van der Waals surface area contributed by atoms with Gasteiger partial charge < -0.3 is 24.5 Å². The number of halogens is 3. The first-order chi connectivity index (χ1) is 18.3. The van der Waals surface area contributed by atoms with Gasteiger partial charge in [-0.05, 0) is 37.8 Å². The Kier molecular flexibility index (Phi) is 7.66. The van der Waals surface area contributed by atoms with Crippen LogP contribution in [0.3, 0.4) is 0 Å². The average molecular weight is 552 g/mol. The van der Waals surface area contributed by atoms with Gasteiger partial charge in [0.15, 0.2) is 11.6 Å². The zero-order valence-electron chi connectivity index (χ0n) is 20.6. The third-order valence-corrected chi connectivity index (χ3v) is 8.07. The minimum Gasteiger partial charge on any atom is -0.394 e. The summed E-state index contributed by atoms with van der Waals surface area (Å²) in [5.74, 6) is -2.33. The molecule has 3 aliphatic rings. The number of rotatable bonds is 6. The molecule has 0 radical (unpaired) electrons. The molecule has 0 bridgehead atoms. The highest BCUT2D eigenvalue weighted by Crippen LogP contribution is 2.42. The van der Waals surface area contributed by atoms with Crippen molar-refractivity contribution >= 4 is 17.3 Å². The van der Waals surface area contributed by atoms with Crippen LogP contribution in [-0.4, -0.2) is 74.7 Å². The molecule has 13 heteroatoms. The summed E-state index contributed by atoms with van der Waals surface area (Å²) in [7, 11) is 1.46. The number of aromatic nitrogens is 3. The molecule has 1 spiro atoms. The Labute approximate surface area is 222 Å². The zero-order chi connectivity index (χ0) is 27.0. The molecule has 10 nitrogen and oxygen atoms in total. The Balaban J connectivity index is 1.36. The van der Waals surface area contributed by atoms with Crippen LogP contribution in [0.5, 0.6) is 0 Å². The van der Waals surface area contributed by atoms with E-state index in [1.54, 1.807) is 0 Å². The number of aliphatic hydroxyl groups is 2. The van der Waals surface area contributed by atoms with E-state index in [-0.39, 0.29) is 22.2 Å². The van der Waals surface area contributed by atoms with E-state index in [1.165, 1.54) is 30.1 Å². The Hall–Kier alpha value is -2.69. The second-order valence-electron chi connectivity index (χ2n) is 10.1. The van der Waals surface area contributed by atoms with Crippen molar-refractivity contribution in [2.45, 2.75) is 74.6 Å². The standard InChI is InChI=1S/C25H28ClF2N5O5/c1-36-24-18(8-14-9-25(38-31-14)6-4-13(10-29)5-7-25)37-19(12-34)23(35)22(24)33-11-17(30-32-33)15-2-3-16(26)21(28)20(15)27/h2-3,11,13,18-19,22-24,34-35H,4-9,12H2,1H3/t13-,18-,19-,22+,23+,24+,25+/m1/s1. The average Bonchev–Trinajstić information content (AvgIpc) is 3.56. The van der Waals surface area contributed by atoms with Gasteiger partial charge in [0.2, 0.25) is 0 Å². The molecule has 5 atom stereocenters. The molecule has 1 aromatic heterocycles. The molecule has 0 unspecified atom stereocenters. The number of benzene rings is 1. The van der Waals surface area contributed by atoms with Gasteiger partial charge in [0.1, 0.15) is 35.6 Å². The van der Waals surface area contributed by atoms with Crippen molar-refractivity contribution in [3.63, 3.8) is 0 Å². The smallest absolute Gasteiger partial charge is 0.178 e. The van der Waals surface area contributed by atoms with Crippen LogP contribution in [0.25, 0.3) is 11.3 Å². The van der Waals surface area contributed by atoms with Crippen LogP contribution in [0.2, 0.25) is 5.02 Å². The van der Waals surface area contributed by atoms with Gasteiger partial charge in [-0.25, -0.2) is 13.5 Å². The molecule has 2 aliphatic heterocycles. The van der Waals surface area contributed by atoms with Gasteiger partial charge in [-0.1, -0.05) is 22.0 Å². The molecular weight excluding hydrogens is 524 g/mol. The number of nitrogens with zero attached hydrogens (tertiary/aromatic N) is 5. The number of hydrogen-bond acceptors (Lipinski definition) is 9. The number of aliphatic hydroxyl groups excluding tert-OH is 2. The summed E-state index contributed by atoms with van der Waals surface area (Å²) in [6, 6.07) is 3.97. The molecule has 1 aliphatic carbocycles. The quantitative estimate of drug-likeness (QED) is 0.523. The van der Waals surface area contributed by atoms with E-state index in [4.69, 9.17) is 25.9 Å². The van der Waals surface area contributed by atoms with Gasteiger partial charge in [0.25, 0.3) is 0 Å². The molecule has 2 N–H and O–H groups in total. The monoisotopic (exact) mass is 551 g/mol. The maximum Gasteiger partial charge on any atom is 0.178 e. The SMILES string of the molecule is CO[C@@H]1[C@@H](n2cc(-c3ccc(Cl)c(F)c3F)nn2)[C@@H](O)[C@@H](CO)O[C@@H]1CC1=NO[C@]2(CC[C@@H](C#N)CC2)C1. The molecule has 1 saturated heterocycles. The third-order valence-electron chi connectivity index (χ3n) is 7.77. The Bertz CT molecular complexity index is 1250. The number of hydrogen-bond donors (Lipinski definition) is 2. The minimum absolute atomic E-state index is 0.0331. The lowest BCUT2D eigenvalue weighted by Crippen LogP contribution is -2.57. The molecule has 1 saturated carbocycles. The van der Waals surface area contributed by atoms with Crippen molar-refractivity contribution in [2.75, 3.05) is 13.7 Å². The lowest BCUT2D eigenvalue weighted by molar-refractivity contribution is -0.210. The second-order valence-corrected chi connectivity index (χ2v) is 10.5. The highest BCUT2D eigenvalue weighted by Gasteiger charge is 2.49. The van der Waals surface area contributed by atoms with E-state index in [9.17, 15) is 24.3 Å². The van der Waals surface area contributed by atoms with Gasteiger partial charge >= 0.3 is 0 Å². The predicted molar refractivity (Wildman–Crippen MR) is 130 cm³/mol. The maximum absolute atomic E-state index is 14.5. The van der Waals surface area contributed by atoms with Crippen LogP contribution in [0.4, 0.5) is 8.78 Å². The Morgan fingerprint density at radius 3 is 2.71 bits per heavy atom. The van der Waals surface area contributed by atoms with Crippen LogP contribution in [-0.2, 0) is 14.3 Å². The van der Waals surface area contributed by atoms with Gasteiger partial charge in [0.05, 0.1) is 35.7 Å². The fourth-order valence-electron chi connectivity index (χ4n) is 5.68. The Morgan fingerprint density at radius 1 is 1.26 bits per heavy atom. The molecular formula is C25H28ClF2N5O5. The van der Waals surface area contributed by atoms with E-state index >= 15 is 0 Å². The Morgan fingerprint density at radius 2 is 2.03 bits per heavy atom. The molecule has 204 valence electrons. The fraction of sp³-hybridized carbons (Fsp3) is 0.600. The molecule has 0 amide bonds. The molecule has 2 aromatic rings. The molecule has 2 fully saturated rings. The normalized spacial score (nSPS) is 33.1. The number of oxime groups is 1. The zero-order valence-corrected chi connectivity index (χ0v) is 21.4. The topological polar surface area (TPSA) is 135 Å².